The Bertz CT molecular complexity index is 215. The highest BCUT2D eigenvalue weighted by Crippen LogP contribution is 2.11. The summed E-state index contributed by atoms with van der Waals surface area (Å²) >= 11 is -2.01. The average molecular weight is 273 g/mol. The second-order valence-electron chi connectivity index (χ2n) is 4.96. The molecule has 0 saturated heterocycles. The highest BCUT2D eigenvalue weighted by Gasteiger charge is 1.92. The van der Waals surface area contributed by atoms with Crippen LogP contribution in [0.2, 0.25) is 0 Å². The van der Waals surface area contributed by atoms with Gasteiger partial charge in [-0.05, 0) is 29.3 Å². The Kier molecular flexibility index (Phi) is 14.8. The third-order valence-electron chi connectivity index (χ3n) is 3.18. The number of hydrogen-bond donors (Lipinski definition) is 0. The quantitative estimate of drug-likeness (QED) is 0.347. The molecule has 0 aromatic carbocycles. The molecule has 108 valence electrons. The summed E-state index contributed by atoms with van der Waals surface area (Å²) in [6, 6.07) is 0. The van der Waals surface area contributed by atoms with Gasteiger partial charge in [0.05, 0.1) is 0 Å². The zero-order chi connectivity index (χ0) is 13.5. The summed E-state index contributed by atoms with van der Waals surface area (Å²) in [4.78, 5) is 0. The lowest BCUT2D eigenvalue weighted by Gasteiger charge is -2.01. The fourth-order valence-corrected chi connectivity index (χ4v) is 2.37. The predicted octanol–water partition coefficient (Wildman–Crippen LogP) is 5.08. The third kappa shape index (κ3) is 15.9. The van der Waals surface area contributed by atoms with E-state index in [1.807, 2.05) is 0 Å². The van der Waals surface area contributed by atoms with Crippen molar-refractivity contribution in [3.63, 3.8) is 0 Å². The fraction of sp³-hybridized carbons (Fsp3) is 0.867. The van der Waals surface area contributed by atoms with Crippen LogP contribution >= 0.6 is 0 Å². The molecule has 1 unspecified atom stereocenters. The highest BCUT2D eigenvalue weighted by molar-refractivity contribution is 7.82. The lowest BCUT2D eigenvalue weighted by atomic mass is 10.1. The Hall–Kier alpha value is -0.150. The summed E-state index contributed by atoms with van der Waals surface area (Å²) in [6.07, 6.45) is 17.3. The van der Waals surface area contributed by atoms with Gasteiger partial charge in [-0.2, -0.15) is 0 Å². The van der Waals surface area contributed by atoms with E-state index in [-0.39, 0.29) is 0 Å². The number of rotatable bonds is 13. The van der Waals surface area contributed by atoms with Crippen LogP contribution in [0.5, 0.6) is 0 Å². The smallest absolute Gasteiger partial charge is 0.0155 e. The maximum absolute atomic E-state index is 10.2. The molecule has 0 radical (unpaired) electrons. The number of unbranched alkanes of at least 4 members (excludes halogenated alkanes) is 11. The molecule has 2 nitrogen and oxygen atoms in total. The standard InChI is InChI=1S/C15H30O2S/c1-2-3-4-5-6-7-8-9-10-11-12-13-14-15-18(16)17/h14-15H,2-13H2,1H3,(H,16,17)/p-1. The minimum atomic E-state index is -2.01. The highest BCUT2D eigenvalue weighted by atomic mass is 32.2. The predicted molar refractivity (Wildman–Crippen MR) is 79.1 cm³/mol. The van der Waals surface area contributed by atoms with Gasteiger partial charge in [-0.3, -0.25) is 4.21 Å². The van der Waals surface area contributed by atoms with Gasteiger partial charge in [-0.15, -0.1) is 0 Å². The Morgan fingerprint density at radius 3 is 1.72 bits per heavy atom. The molecule has 0 aromatic heterocycles. The first-order valence-electron chi connectivity index (χ1n) is 7.52. The molecule has 1 atom stereocenters. The van der Waals surface area contributed by atoms with E-state index in [4.69, 9.17) is 0 Å². The Morgan fingerprint density at radius 1 is 0.833 bits per heavy atom. The van der Waals surface area contributed by atoms with Gasteiger partial charge in [0, 0.05) is 0 Å². The molecule has 0 spiro atoms. The van der Waals surface area contributed by atoms with Crippen LogP contribution in [0.25, 0.3) is 0 Å². The molecular formula is C15H29O2S-. The summed E-state index contributed by atoms with van der Waals surface area (Å²) in [5.74, 6) is 0. The maximum atomic E-state index is 10.2. The Balaban J connectivity index is 3.01. The van der Waals surface area contributed by atoms with Crippen molar-refractivity contribution in [2.24, 2.45) is 0 Å². The summed E-state index contributed by atoms with van der Waals surface area (Å²) in [7, 11) is 0. The van der Waals surface area contributed by atoms with Crippen LogP contribution in [-0.2, 0) is 11.1 Å². The van der Waals surface area contributed by atoms with Crippen molar-refractivity contribution in [3.8, 4) is 0 Å². The second kappa shape index (κ2) is 14.9. The topological polar surface area (TPSA) is 40.1 Å². The van der Waals surface area contributed by atoms with Gasteiger partial charge >= 0.3 is 0 Å². The van der Waals surface area contributed by atoms with E-state index in [2.05, 4.69) is 6.92 Å². The Morgan fingerprint density at radius 2 is 1.28 bits per heavy atom. The summed E-state index contributed by atoms with van der Waals surface area (Å²) in [6.45, 7) is 2.25. The van der Waals surface area contributed by atoms with Gasteiger partial charge in [-0.1, -0.05) is 77.2 Å². The molecular weight excluding hydrogens is 244 g/mol. The minimum absolute atomic E-state index is 0.894. The van der Waals surface area contributed by atoms with Crippen LogP contribution in [-0.4, -0.2) is 8.76 Å². The van der Waals surface area contributed by atoms with Crippen LogP contribution < -0.4 is 0 Å². The van der Waals surface area contributed by atoms with Crippen LogP contribution in [0.3, 0.4) is 0 Å². The molecule has 0 amide bonds. The van der Waals surface area contributed by atoms with Crippen LogP contribution in [0, 0.1) is 0 Å². The van der Waals surface area contributed by atoms with Gasteiger partial charge in [0.25, 0.3) is 0 Å². The molecule has 3 heteroatoms. The van der Waals surface area contributed by atoms with E-state index < -0.39 is 11.1 Å². The second-order valence-corrected chi connectivity index (χ2v) is 5.75. The van der Waals surface area contributed by atoms with Gasteiger partial charge in [0.1, 0.15) is 0 Å². The van der Waals surface area contributed by atoms with E-state index in [1.54, 1.807) is 6.08 Å². The fourth-order valence-electron chi connectivity index (χ4n) is 2.07. The van der Waals surface area contributed by atoms with E-state index >= 15 is 0 Å². The first-order valence-corrected chi connectivity index (χ1v) is 8.66. The summed E-state index contributed by atoms with van der Waals surface area (Å²) < 4.78 is 20.4. The molecule has 0 aromatic rings. The van der Waals surface area contributed by atoms with E-state index in [9.17, 15) is 8.76 Å². The molecule has 0 heterocycles. The minimum Gasteiger partial charge on any atom is -0.769 e. The average Bonchev–Trinajstić information content (AvgIpc) is 2.34. The molecule has 0 saturated carbocycles. The molecule has 0 bridgehead atoms. The number of allylic oxidation sites excluding steroid dienone is 1. The van der Waals surface area contributed by atoms with E-state index in [0.29, 0.717) is 0 Å². The molecule has 0 aliphatic heterocycles. The first-order chi connectivity index (χ1) is 8.77. The molecule has 0 rings (SSSR count). The van der Waals surface area contributed by atoms with E-state index in [1.165, 1.54) is 69.6 Å². The lowest BCUT2D eigenvalue weighted by molar-refractivity contribution is 0.545. The van der Waals surface area contributed by atoms with Crippen molar-refractivity contribution in [1.82, 2.24) is 0 Å². The molecule has 0 aliphatic rings. The van der Waals surface area contributed by atoms with Crippen molar-refractivity contribution in [1.29, 1.82) is 0 Å². The van der Waals surface area contributed by atoms with Crippen molar-refractivity contribution in [2.75, 3.05) is 0 Å². The van der Waals surface area contributed by atoms with Crippen molar-refractivity contribution in [2.45, 2.75) is 84.0 Å². The van der Waals surface area contributed by atoms with Crippen LogP contribution in [0.4, 0.5) is 0 Å². The molecule has 18 heavy (non-hydrogen) atoms. The summed E-state index contributed by atoms with van der Waals surface area (Å²) in [5.41, 5.74) is 0. The van der Waals surface area contributed by atoms with Crippen molar-refractivity contribution >= 4 is 11.1 Å². The maximum Gasteiger partial charge on any atom is -0.0155 e. The van der Waals surface area contributed by atoms with Gasteiger partial charge < -0.3 is 4.55 Å². The van der Waals surface area contributed by atoms with Gasteiger partial charge in [-0.25, -0.2) is 0 Å². The van der Waals surface area contributed by atoms with Crippen molar-refractivity contribution in [3.05, 3.63) is 11.5 Å². The largest absolute Gasteiger partial charge is 0.769 e. The third-order valence-corrected chi connectivity index (χ3v) is 3.60. The first kappa shape index (κ1) is 17.8. The zero-order valence-electron chi connectivity index (χ0n) is 11.9. The number of hydrogen-bond acceptors (Lipinski definition) is 2. The molecule has 0 fully saturated rings. The van der Waals surface area contributed by atoms with Crippen molar-refractivity contribution < 1.29 is 8.76 Å². The molecule has 0 aliphatic carbocycles. The summed E-state index contributed by atoms with van der Waals surface area (Å²) in [5, 5.41) is 1.25. The SMILES string of the molecule is CCCCCCCCCCCCCC=CS(=O)[O-]. The van der Waals surface area contributed by atoms with Gasteiger partial charge in [0.2, 0.25) is 0 Å². The lowest BCUT2D eigenvalue weighted by Crippen LogP contribution is -1.82. The molecule has 0 N–H and O–H groups in total. The van der Waals surface area contributed by atoms with Crippen LogP contribution in [0.15, 0.2) is 11.5 Å². The van der Waals surface area contributed by atoms with Gasteiger partial charge in [0.15, 0.2) is 0 Å². The monoisotopic (exact) mass is 273 g/mol. The van der Waals surface area contributed by atoms with Crippen LogP contribution in [0.1, 0.15) is 84.0 Å². The zero-order valence-corrected chi connectivity index (χ0v) is 12.7. The van der Waals surface area contributed by atoms with E-state index in [0.717, 1.165) is 12.8 Å². The normalized spacial score (nSPS) is 13.2. The Labute approximate surface area is 116 Å².